The van der Waals surface area contributed by atoms with Crippen LogP contribution in [0.3, 0.4) is 0 Å². The monoisotopic (exact) mass is 283 g/mol. The van der Waals surface area contributed by atoms with Gasteiger partial charge in [0.25, 0.3) is 0 Å². The Labute approximate surface area is 117 Å². The summed E-state index contributed by atoms with van der Waals surface area (Å²) in [5, 5.41) is 0. The minimum Gasteiger partial charge on any atom is -0.459 e. The lowest BCUT2D eigenvalue weighted by molar-refractivity contribution is 0.0209. The van der Waals surface area contributed by atoms with Crippen molar-refractivity contribution in [2.45, 2.75) is 24.8 Å². The first-order valence-electron chi connectivity index (χ1n) is 6.74. The van der Waals surface area contributed by atoms with Crippen molar-refractivity contribution in [1.29, 1.82) is 0 Å². The molecular formula is C13H21N3O4. The van der Waals surface area contributed by atoms with E-state index in [1.165, 1.54) is 6.20 Å². The molecule has 0 radical (unpaired) electrons. The predicted molar refractivity (Wildman–Crippen MR) is 71.3 cm³/mol. The van der Waals surface area contributed by atoms with Gasteiger partial charge in [-0.25, -0.2) is 9.78 Å². The SMILES string of the molecule is COCCOCCOC(=O)c1cnc(C2(N)CCC2)[nH]1. The first-order chi connectivity index (χ1) is 9.65. The van der Waals surface area contributed by atoms with E-state index < -0.39 is 11.5 Å². The second-order valence-corrected chi connectivity index (χ2v) is 4.90. The van der Waals surface area contributed by atoms with E-state index in [1.54, 1.807) is 7.11 Å². The molecule has 0 aromatic carbocycles. The zero-order valence-electron chi connectivity index (χ0n) is 11.7. The summed E-state index contributed by atoms with van der Waals surface area (Å²) in [4.78, 5) is 18.9. The Morgan fingerprint density at radius 1 is 1.40 bits per heavy atom. The molecule has 1 aliphatic carbocycles. The molecule has 0 aliphatic heterocycles. The van der Waals surface area contributed by atoms with Crippen LogP contribution in [0.2, 0.25) is 0 Å². The third-order valence-corrected chi connectivity index (χ3v) is 3.41. The van der Waals surface area contributed by atoms with Crippen molar-refractivity contribution in [3.05, 3.63) is 17.7 Å². The van der Waals surface area contributed by atoms with Crippen molar-refractivity contribution in [3.63, 3.8) is 0 Å². The van der Waals surface area contributed by atoms with Crippen LogP contribution in [0.25, 0.3) is 0 Å². The molecule has 1 fully saturated rings. The summed E-state index contributed by atoms with van der Waals surface area (Å²) in [6, 6.07) is 0. The Kier molecular flexibility index (Phi) is 5.11. The van der Waals surface area contributed by atoms with Gasteiger partial charge < -0.3 is 24.9 Å². The Morgan fingerprint density at radius 3 is 2.80 bits per heavy atom. The summed E-state index contributed by atoms with van der Waals surface area (Å²) in [6.07, 6.45) is 4.34. The van der Waals surface area contributed by atoms with E-state index in [4.69, 9.17) is 19.9 Å². The third kappa shape index (κ3) is 3.56. The molecular weight excluding hydrogens is 262 g/mol. The van der Waals surface area contributed by atoms with Crippen LogP contribution in [-0.4, -0.2) is 49.5 Å². The number of H-pyrrole nitrogens is 1. The van der Waals surface area contributed by atoms with E-state index >= 15 is 0 Å². The van der Waals surface area contributed by atoms with Gasteiger partial charge in [-0.05, 0) is 19.3 Å². The summed E-state index contributed by atoms with van der Waals surface area (Å²) in [6.45, 7) is 1.55. The molecule has 1 saturated carbocycles. The number of nitrogens with zero attached hydrogens (tertiary/aromatic N) is 1. The number of carbonyl (C=O) groups is 1. The van der Waals surface area contributed by atoms with Gasteiger partial charge in [-0.15, -0.1) is 0 Å². The molecule has 0 unspecified atom stereocenters. The van der Waals surface area contributed by atoms with E-state index in [2.05, 4.69) is 9.97 Å². The first kappa shape index (κ1) is 15.0. The van der Waals surface area contributed by atoms with E-state index in [0.717, 1.165) is 19.3 Å². The fraction of sp³-hybridized carbons (Fsp3) is 0.692. The summed E-state index contributed by atoms with van der Waals surface area (Å²) in [7, 11) is 1.60. The van der Waals surface area contributed by atoms with Gasteiger partial charge >= 0.3 is 5.97 Å². The first-order valence-corrected chi connectivity index (χ1v) is 6.74. The molecule has 1 aromatic heterocycles. The summed E-state index contributed by atoms with van der Waals surface area (Å²) in [5.74, 6) is 0.217. The summed E-state index contributed by atoms with van der Waals surface area (Å²) >= 11 is 0. The van der Waals surface area contributed by atoms with Crippen molar-refractivity contribution < 1.29 is 19.0 Å². The molecule has 7 heteroatoms. The molecule has 0 amide bonds. The molecule has 20 heavy (non-hydrogen) atoms. The standard InChI is InChI=1S/C13H21N3O4/c1-18-5-6-19-7-8-20-11(17)10-9-15-12(16-10)13(14)3-2-4-13/h9H,2-8,14H2,1H3,(H,15,16). The van der Waals surface area contributed by atoms with Crippen LogP contribution in [0.15, 0.2) is 6.20 Å². The number of nitrogens with two attached hydrogens (primary N) is 1. The van der Waals surface area contributed by atoms with Crippen molar-refractivity contribution in [1.82, 2.24) is 9.97 Å². The zero-order valence-corrected chi connectivity index (χ0v) is 11.7. The van der Waals surface area contributed by atoms with Gasteiger partial charge in [0.15, 0.2) is 0 Å². The average Bonchev–Trinajstić information content (AvgIpc) is 2.90. The van der Waals surface area contributed by atoms with Crippen LogP contribution in [0.5, 0.6) is 0 Å². The van der Waals surface area contributed by atoms with Gasteiger partial charge in [0, 0.05) is 7.11 Å². The van der Waals surface area contributed by atoms with Crippen molar-refractivity contribution in [2.24, 2.45) is 5.73 Å². The average molecular weight is 283 g/mol. The van der Waals surface area contributed by atoms with E-state index in [9.17, 15) is 4.79 Å². The second-order valence-electron chi connectivity index (χ2n) is 4.90. The Bertz CT molecular complexity index is 443. The highest BCUT2D eigenvalue weighted by atomic mass is 16.6. The highest BCUT2D eigenvalue weighted by Crippen LogP contribution is 2.36. The minimum absolute atomic E-state index is 0.199. The van der Waals surface area contributed by atoms with E-state index in [-0.39, 0.29) is 6.61 Å². The largest absolute Gasteiger partial charge is 0.459 e. The highest BCUT2D eigenvalue weighted by Gasteiger charge is 2.37. The highest BCUT2D eigenvalue weighted by molar-refractivity contribution is 5.87. The van der Waals surface area contributed by atoms with Crippen LogP contribution >= 0.6 is 0 Å². The van der Waals surface area contributed by atoms with Crippen LogP contribution < -0.4 is 5.73 Å². The number of carbonyl (C=O) groups excluding carboxylic acids is 1. The number of hydrogen-bond donors (Lipinski definition) is 2. The fourth-order valence-corrected chi connectivity index (χ4v) is 1.99. The molecule has 0 spiro atoms. The number of esters is 1. The topological polar surface area (TPSA) is 99.5 Å². The van der Waals surface area contributed by atoms with Gasteiger partial charge in [-0.1, -0.05) is 0 Å². The lowest BCUT2D eigenvalue weighted by atomic mass is 9.77. The predicted octanol–water partition coefficient (Wildman–Crippen LogP) is 0.567. The Hall–Kier alpha value is -1.44. The molecule has 1 aliphatic rings. The number of imidazole rings is 1. The molecule has 1 aromatic rings. The Morgan fingerprint density at radius 2 is 2.15 bits per heavy atom. The molecule has 1 heterocycles. The fourth-order valence-electron chi connectivity index (χ4n) is 1.99. The third-order valence-electron chi connectivity index (χ3n) is 3.41. The number of aromatic amines is 1. The van der Waals surface area contributed by atoms with Gasteiger partial charge in [0.2, 0.25) is 0 Å². The van der Waals surface area contributed by atoms with Crippen LogP contribution in [-0.2, 0) is 19.7 Å². The van der Waals surface area contributed by atoms with E-state index in [0.29, 0.717) is 31.3 Å². The van der Waals surface area contributed by atoms with E-state index in [1.807, 2.05) is 0 Å². The molecule has 7 nitrogen and oxygen atoms in total. The molecule has 2 rings (SSSR count). The number of rotatable bonds is 8. The maximum absolute atomic E-state index is 11.8. The molecule has 0 saturated heterocycles. The number of ether oxygens (including phenoxy) is 3. The van der Waals surface area contributed by atoms with Crippen LogP contribution in [0.1, 0.15) is 35.6 Å². The molecule has 112 valence electrons. The maximum Gasteiger partial charge on any atom is 0.356 e. The smallest absolute Gasteiger partial charge is 0.356 e. The van der Waals surface area contributed by atoms with Crippen LogP contribution in [0.4, 0.5) is 0 Å². The number of aromatic nitrogens is 2. The number of nitrogens with one attached hydrogen (secondary N) is 1. The van der Waals surface area contributed by atoms with Gasteiger partial charge in [0.1, 0.15) is 18.1 Å². The molecule has 0 bridgehead atoms. The van der Waals surface area contributed by atoms with Gasteiger partial charge in [-0.3, -0.25) is 0 Å². The zero-order chi connectivity index (χ0) is 14.4. The van der Waals surface area contributed by atoms with Gasteiger partial charge in [0.05, 0.1) is 31.6 Å². The van der Waals surface area contributed by atoms with Crippen LogP contribution in [0, 0.1) is 0 Å². The van der Waals surface area contributed by atoms with Crippen molar-refractivity contribution in [2.75, 3.05) is 33.5 Å². The van der Waals surface area contributed by atoms with Crippen molar-refractivity contribution >= 4 is 5.97 Å². The number of hydrogen-bond acceptors (Lipinski definition) is 6. The molecule has 0 atom stereocenters. The van der Waals surface area contributed by atoms with Crippen molar-refractivity contribution in [3.8, 4) is 0 Å². The lowest BCUT2D eigenvalue weighted by Gasteiger charge is -2.35. The second kappa shape index (κ2) is 6.83. The Balaban J connectivity index is 1.73. The molecule has 3 N–H and O–H groups in total. The van der Waals surface area contributed by atoms with Gasteiger partial charge in [-0.2, -0.15) is 0 Å². The quantitative estimate of drug-likeness (QED) is 0.534. The summed E-state index contributed by atoms with van der Waals surface area (Å²) < 4.78 is 15.1. The minimum atomic E-state index is -0.443. The number of methoxy groups -OCH3 is 1. The normalized spacial score (nSPS) is 16.7. The summed E-state index contributed by atoms with van der Waals surface area (Å²) in [5.41, 5.74) is 6.05. The maximum atomic E-state index is 11.8. The lowest BCUT2D eigenvalue weighted by Crippen LogP contribution is -2.44.